The first kappa shape index (κ1) is 24.7. The first-order valence-electron chi connectivity index (χ1n) is 11.5. The Morgan fingerprint density at radius 2 is 1.83 bits per heavy atom. The van der Waals surface area contributed by atoms with Gasteiger partial charge < -0.3 is 29.7 Å². The summed E-state index contributed by atoms with van der Waals surface area (Å²) in [6, 6.07) is 0. The van der Waals surface area contributed by atoms with Gasteiger partial charge in [0.15, 0.2) is 5.96 Å². The fourth-order valence-electron chi connectivity index (χ4n) is 3.85. The van der Waals surface area contributed by atoms with Gasteiger partial charge in [-0.1, -0.05) is 13.8 Å². The molecule has 0 bridgehead atoms. The van der Waals surface area contributed by atoms with Crippen molar-refractivity contribution in [1.82, 2.24) is 15.5 Å². The van der Waals surface area contributed by atoms with Crippen molar-refractivity contribution >= 4 is 12.1 Å². The predicted octanol–water partition coefficient (Wildman–Crippen LogP) is 2.92. The molecule has 174 valence electrons. The van der Waals surface area contributed by atoms with Crippen molar-refractivity contribution in [3.63, 3.8) is 0 Å². The average molecular weight is 427 g/mol. The van der Waals surface area contributed by atoms with Crippen LogP contribution in [0.5, 0.6) is 0 Å². The van der Waals surface area contributed by atoms with Crippen LogP contribution < -0.4 is 10.6 Å². The van der Waals surface area contributed by atoms with Crippen LogP contribution in [0.1, 0.15) is 67.2 Å². The Morgan fingerprint density at radius 1 is 1.13 bits per heavy atom. The molecule has 2 aliphatic rings. The van der Waals surface area contributed by atoms with Crippen LogP contribution in [0.2, 0.25) is 0 Å². The van der Waals surface area contributed by atoms with Crippen molar-refractivity contribution in [2.75, 3.05) is 39.4 Å². The van der Waals surface area contributed by atoms with E-state index >= 15 is 0 Å². The summed E-state index contributed by atoms with van der Waals surface area (Å²) in [6.07, 6.45) is 3.56. The molecule has 0 radical (unpaired) electrons. The van der Waals surface area contributed by atoms with Crippen LogP contribution in [0, 0.1) is 0 Å². The van der Waals surface area contributed by atoms with Gasteiger partial charge in [-0.2, -0.15) is 0 Å². The lowest BCUT2D eigenvalue weighted by Crippen LogP contribution is -2.55. The van der Waals surface area contributed by atoms with E-state index in [4.69, 9.17) is 19.2 Å². The zero-order chi connectivity index (χ0) is 22.2. The van der Waals surface area contributed by atoms with E-state index in [9.17, 15) is 4.79 Å². The zero-order valence-corrected chi connectivity index (χ0v) is 19.8. The van der Waals surface area contributed by atoms with Gasteiger partial charge in [-0.15, -0.1) is 0 Å². The maximum absolute atomic E-state index is 12.4. The molecule has 2 N–H and O–H groups in total. The van der Waals surface area contributed by atoms with E-state index in [1.807, 2.05) is 20.8 Å². The Hall–Kier alpha value is -1.54. The number of nitrogens with zero attached hydrogens (tertiary/aromatic N) is 2. The number of carbonyl (C=O) groups excluding carboxylic acids is 1. The van der Waals surface area contributed by atoms with E-state index in [2.05, 4.69) is 36.3 Å². The number of hydrogen-bond donors (Lipinski definition) is 2. The van der Waals surface area contributed by atoms with Crippen molar-refractivity contribution in [2.45, 2.75) is 90.6 Å². The second-order valence-electron chi connectivity index (χ2n) is 9.19. The molecular weight excluding hydrogens is 384 g/mol. The second-order valence-corrected chi connectivity index (χ2v) is 9.19. The number of alkyl carbamates (subject to hydrolysis) is 1. The Balaban J connectivity index is 2.08. The Kier molecular flexibility index (Phi) is 9.22. The number of hydrogen-bond acceptors (Lipinski definition) is 5. The highest BCUT2D eigenvalue weighted by Gasteiger charge is 2.34. The quantitative estimate of drug-likeness (QED) is 0.481. The molecule has 1 amide bonds. The second kappa shape index (κ2) is 11.2. The van der Waals surface area contributed by atoms with E-state index in [1.54, 1.807) is 0 Å². The third-order valence-corrected chi connectivity index (χ3v) is 5.76. The topological polar surface area (TPSA) is 84.4 Å². The highest BCUT2D eigenvalue weighted by molar-refractivity contribution is 5.80. The Morgan fingerprint density at radius 3 is 2.40 bits per heavy atom. The molecule has 0 aromatic carbocycles. The zero-order valence-electron chi connectivity index (χ0n) is 19.8. The summed E-state index contributed by atoms with van der Waals surface area (Å²) in [5.74, 6) is 0.862. The van der Waals surface area contributed by atoms with Gasteiger partial charge >= 0.3 is 6.09 Å². The minimum atomic E-state index is -0.527. The summed E-state index contributed by atoms with van der Waals surface area (Å²) >= 11 is 0. The molecule has 2 fully saturated rings. The first-order valence-corrected chi connectivity index (χ1v) is 11.5. The molecule has 2 aliphatic heterocycles. The molecule has 8 nitrogen and oxygen atoms in total. The van der Waals surface area contributed by atoms with Crippen molar-refractivity contribution in [3.05, 3.63) is 0 Å². The average Bonchev–Trinajstić information content (AvgIpc) is 3.24. The molecule has 2 saturated heterocycles. The lowest BCUT2D eigenvalue weighted by atomic mass is 9.93. The number of aliphatic imine (C=N–C) groups is 1. The predicted molar refractivity (Wildman–Crippen MR) is 119 cm³/mol. The molecule has 2 atom stereocenters. The third kappa shape index (κ3) is 7.30. The van der Waals surface area contributed by atoms with E-state index in [1.165, 1.54) is 0 Å². The maximum Gasteiger partial charge on any atom is 0.408 e. The SMILES string of the molecule is CCNC(=NCC(CC)(CC)NC(=O)OC(C)(C)C)N1CCOC(C2CCCO2)C1. The monoisotopic (exact) mass is 426 g/mol. The molecule has 0 aromatic heterocycles. The van der Waals surface area contributed by atoms with Crippen LogP contribution in [-0.2, 0) is 14.2 Å². The van der Waals surface area contributed by atoms with Gasteiger partial charge in [0.05, 0.1) is 24.8 Å². The fraction of sp³-hybridized carbons (Fsp3) is 0.909. The summed E-state index contributed by atoms with van der Waals surface area (Å²) < 4.78 is 17.3. The van der Waals surface area contributed by atoms with Crippen LogP contribution in [0.4, 0.5) is 4.79 Å². The third-order valence-electron chi connectivity index (χ3n) is 5.76. The summed E-state index contributed by atoms with van der Waals surface area (Å²) in [5, 5.41) is 6.49. The highest BCUT2D eigenvalue weighted by atomic mass is 16.6. The van der Waals surface area contributed by atoms with Crippen molar-refractivity contribution in [3.8, 4) is 0 Å². The van der Waals surface area contributed by atoms with Crippen molar-refractivity contribution in [2.24, 2.45) is 4.99 Å². The molecule has 8 heteroatoms. The van der Waals surface area contributed by atoms with Gasteiger partial charge in [-0.05, 0) is 53.4 Å². The van der Waals surface area contributed by atoms with Gasteiger partial charge in [-0.25, -0.2) is 4.79 Å². The number of ether oxygens (including phenoxy) is 3. The van der Waals surface area contributed by atoms with Gasteiger partial charge in [-0.3, -0.25) is 4.99 Å². The minimum Gasteiger partial charge on any atom is -0.444 e. The van der Waals surface area contributed by atoms with Gasteiger partial charge in [0.25, 0.3) is 0 Å². The van der Waals surface area contributed by atoms with Crippen LogP contribution in [0.15, 0.2) is 4.99 Å². The van der Waals surface area contributed by atoms with Crippen molar-refractivity contribution in [1.29, 1.82) is 0 Å². The maximum atomic E-state index is 12.4. The summed E-state index contributed by atoms with van der Waals surface area (Å²) in [4.78, 5) is 19.6. The van der Waals surface area contributed by atoms with E-state index in [-0.39, 0.29) is 12.2 Å². The Bertz CT molecular complexity index is 566. The molecule has 2 rings (SSSR count). The van der Waals surface area contributed by atoms with Crippen LogP contribution >= 0.6 is 0 Å². The fourth-order valence-corrected chi connectivity index (χ4v) is 3.85. The molecule has 0 spiro atoms. The number of rotatable bonds is 7. The lowest BCUT2D eigenvalue weighted by Gasteiger charge is -2.38. The number of nitrogens with one attached hydrogen (secondary N) is 2. The molecule has 2 heterocycles. The van der Waals surface area contributed by atoms with Gasteiger partial charge in [0, 0.05) is 26.2 Å². The summed E-state index contributed by atoms with van der Waals surface area (Å²) in [5.41, 5.74) is -0.968. The van der Waals surface area contributed by atoms with Gasteiger partial charge in [0.2, 0.25) is 0 Å². The van der Waals surface area contributed by atoms with E-state index in [0.717, 1.165) is 57.9 Å². The number of carbonyl (C=O) groups is 1. The lowest BCUT2D eigenvalue weighted by molar-refractivity contribution is -0.0817. The van der Waals surface area contributed by atoms with E-state index in [0.29, 0.717) is 13.2 Å². The van der Waals surface area contributed by atoms with Crippen LogP contribution in [0.3, 0.4) is 0 Å². The van der Waals surface area contributed by atoms with Crippen LogP contribution in [-0.4, -0.2) is 79.7 Å². The summed E-state index contributed by atoms with van der Waals surface area (Å²) in [7, 11) is 0. The smallest absolute Gasteiger partial charge is 0.408 e. The standard InChI is InChI=1S/C22H42N4O4/c1-7-22(8-2,25-20(27)30-21(4,5)6)16-24-19(23-9-3)26-12-14-29-18(15-26)17-11-10-13-28-17/h17-18H,7-16H2,1-6H3,(H,23,24)(H,25,27). The molecule has 0 aromatic rings. The molecule has 2 unspecified atom stereocenters. The van der Waals surface area contributed by atoms with Crippen LogP contribution in [0.25, 0.3) is 0 Å². The summed E-state index contributed by atoms with van der Waals surface area (Å²) in [6.45, 7) is 16.2. The van der Waals surface area contributed by atoms with Gasteiger partial charge in [0.1, 0.15) is 11.7 Å². The Labute approximate surface area is 182 Å². The van der Waals surface area contributed by atoms with Crippen molar-refractivity contribution < 1.29 is 19.0 Å². The normalized spacial score (nSPS) is 23.4. The molecule has 0 aliphatic carbocycles. The first-order chi connectivity index (χ1) is 14.2. The minimum absolute atomic E-state index is 0.0760. The molecule has 30 heavy (non-hydrogen) atoms. The number of guanidine groups is 1. The number of morpholine rings is 1. The molecule has 0 saturated carbocycles. The molecular formula is C22H42N4O4. The highest BCUT2D eigenvalue weighted by Crippen LogP contribution is 2.22. The largest absolute Gasteiger partial charge is 0.444 e. The van der Waals surface area contributed by atoms with E-state index < -0.39 is 17.2 Å². The number of amides is 1.